The van der Waals surface area contributed by atoms with Crippen molar-refractivity contribution in [2.75, 3.05) is 32.7 Å². The summed E-state index contributed by atoms with van der Waals surface area (Å²) >= 11 is 0. The first kappa shape index (κ1) is 14.5. The van der Waals surface area contributed by atoms with Gasteiger partial charge in [0.2, 0.25) is 5.91 Å². The Bertz CT molecular complexity index is 225. The number of piperazine rings is 1. The van der Waals surface area contributed by atoms with Crippen molar-refractivity contribution in [2.45, 2.75) is 45.6 Å². The molecule has 100 valence electrons. The first-order valence-electron chi connectivity index (χ1n) is 6.95. The van der Waals surface area contributed by atoms with Crippen LogP contribution in [0.15, 0.2) is 0 Å². The fourth-order valence-electron chi connectivity index (χ4n) is 2.29. The van der Waals surface area contributed by atoms with E-state index in [1.807, 2.05) is 4.90 Å². The van der Waals surface area contributed by atoms with Crippen LogP contribution in [0.4, 0.5) is 0 Å². The largest absolute Gasteiger partial charge is 0.339 e. The van der Waals surface area contributed by atoms with E-state index in [1.54, 1.807) is 0 Å². The van der Waals surface area contributed by atoms with Crippen LogP contribution in [-0.2, 0) is 4.79 Å². The summed E-state index contributed by atoms with van der Waals surface area (Å²) in [4.78, 5) is 16.4. The number of hydrogen-bond acceptors (Lipinski definition) is 3. The molecule has 0 unspecified atom stereocenters. The molecule has 0 aromatic rings. The molecule has 1 aliphatic heterocycles. The van der Waals surface area contributed by atoms with Gasteiger partial charge in [-0.1, -0.05) is 26.7 Å². The highest BCUT2D eigenvalue weighted by molar-refractivity contribution is 5.81. The molecule has 4 nitrogen and oxygen atoms in total. The minimum atomic E-state index is -0.285. The number of carbonyl (C=O) groups excluding carboxylic acids is 1. The third-order valence-electron chi connectivity index (χ3n) is 3.41. The van der Waals surface area contributed by atoms with E-state index < -0.39 is 0 Å². The second-order valence-electron chi connectivity index (χ2n) is 4.92. The average Bonchev–Trinajstić information content (AvgIpc) is 2.36. The van der Waals surface area contributed by atoms with Crippen molar-refractivity contribution in [3.8, 4) is 0 Å². The van der Waals surface area contributed by atoms with Crippen LogP contribution < -0.4 is 5.73 Å². The van der Waals surface area contributed by atoms with Gasteiger partial charge in [-0.2, -0.15) is 0 Å². The molecule has 1 saturated heterocycles. The average molecular weight is 241 g/mol. The zero-order valence-electron chi connectivity index (χ0n) is 11.3. The summed E-state index contributed by atoms with van der Waals surface area (Å²) in [6, 6.07) is -0.285. The molecule has 1 fully saturated rings. The van der Waals surface area contributed by atoms with Crippen molar-refractivity contribution in [1.29, 1.82) is 0 Å². The molecule has 0 bridgehead atoms. The zero-order chi connectivity index (χ0) is 12.7. The van der Waals surface area contributed by atoms with Gasteiger partial charge in [-0.15, -0.1) is 0 Å². The lowest BCUT2D eigenvalue weighted by atomic mass is 10.1. The van der Waals surface area contributed by atoms with E-state index in [2.05, 4.69) is 18.7 Å². The summed E-state index contributed by atoms with van der Waals surface area (Å²) in [6.07, 6.45) is 4.16. The normalized spacial score (nSPS) is 19.4. The lowest BCUT2D eigenvalue weighted by molar-refractivity contribution is -0.134. The van der Waals surface area contributed by atoms with Gasteiger partial charge < -0.3 is 10.6 Å². The summed E-state index contributed by atoms with van der Waals surface area (Å²) < 4.78 is 0. The molecule has 1 rings (SSSR count). The van der Waals surface area contributed by atoms with Crippen LogP contribution in [-0.4, -0.2) is 54.5 Å². The zero-order valence-corrected chi connectivity index (χ0v) is 11.3. The molecule has 0 radical (unpaired) electrons. The monoisotopic (exact) mass is 241 g/mol. The van der Waals surface area contributed by atoms with E-state index in [1.165, 1.54) is 6.42 Å². The Morgan fingerprint density at radius 2 is 1.82 bits per heavy atom. The lowest BCUT2D eigenvalue weighted by Crippen LogP contribution is -2.53. The fourth-order valence-corrected chi connectivity index (χ4v) is 2.29. The molecular weight excluding hydrogens is 214 g/mol. The summed E-state index contributed by atoms with van der Waals surface area (Å²) in [6.45, 7) is 9.15. The van der Waals surface area contributed by atoms with Crippen LogP contribution in [0.2, 0.25) is 0 Å². The van der Waals surface area contributed by atoms with Crippen LogP contribution >= 0.6 is 0 Å². The highest BCUT2D eigenvalue weighted by Crippen LogP contribution is 2.07. The summed E-state index contributed by atoms with van der Waals surface area (Å²) in [7, 11) is 0. The number of nitrogens with zero attached hydrogens (tertiary/aromatic N) is 2. The molecule has 1 heterocycles. The highest BCUT2D eigenvalue weighted by atomic mass is 16.2. The quantitative estimate of drug-likeness (QED) is 0.756. The van der Waals surface area contributed by atoms with Crippen molar-refractivity contribution in [3.05, 3.63) is 0 Å². The molecular formula is C13H27N3O. The maximum Gasteiger partial charge on any atom is 0.239 e. The standard InChI is InChI=1S/C13H27N3O/c1-3-5-6-12(14)13(17)16-10-8-15(7-4-2)9-11-16/h12H,3-11,14H2,1-2H3/t12-/m0/s1. The molecule has 1 atom stereocenters. The number of rotatable bonds is 6. The molecule has 0 saturated carbocycles. The number of unbranched alkanes of at least 4 members (excludes halogenated alkanes) is 1. The Labute approximate surface area is 105 Å². The number of nitrogens with two attached hydrogens (primary N) is 1. The van der Waals surface area contributed by atoms with Gasteiger partial charge in [0.05, 0.1) is 6.04 Å². The van der Waals surface area contributed by atoms with Crippen LogP contribution in [0.5, 0.6) is 0 Å². The lowest BCUT2D eigenvalue weighted by Gasteiger charge is -2.35. The first-order valence-corrected chi connectivity index (χ1v) is 6.95. The Balaban J connectivity index is 2.30. The molecule has 0 aromatic carbocycles. The maximum atomic E-state index is 12.1. The van der Waals surface area contributed by atoms with Crippen molar-refractivity contribution in [3.63, 3.8) is 0 Å². The van der Waals surface area contributed by atoms with E-state index >= 15 is 0 Å². The molecule has 1 aliphatic rings. The Morgan fingerprint density at radius 1 is 1.18 bits per heavy atom. The van der Waals surface area contributed by atoms with Gasteiger partial charge in [-0.3, -0.25) is 9.69 Å². The minimum Gasteiger partial charge on any atom is -0.339 e. The van der Waals surface area contributed by atoms with Crippen molar-refractivity contribution in [1.82, 2.24) is 9.80 Å². The predicted octanol–water partition coefficient (Wildman–Crippen LogP) is 1.06. The van der Waals surface area contributed by atoms with E-state index in [-0.39, 0.29) is 11.9 Å². The molecule has 0 spiro atoms. The molecule has 17 heavy (non-hydrogen) atoms. The minimum absolute atomic E-state index is 0.148. The molecule has 2 N–H and O–H groups in total. The van der Waals surface area contributed by atoms with Gasteiger partial charge >= 0.3 is 0 Å². The summed E-state index contributed by atoms with van der Waals surface area (Å²) in [5.74, 6) is 0.148. The second-order valence-corrected chi connectivity index (χ2v) is 4.92. The number of hydrogen-bond donors (Lipinski definition) is 1. The Morgan fingerprint density at radius 3 is 2.35 bits per heavy atom. The third kappa shape index (κ3) is 4.64. The topological polar surface area (TPSA) is 49.6 Å². The van der Waals surface area contributed by atoms with Crippen molar-refractivity contribution in [2.24, 2.45) is 5.73 Å². The number of carbonyl (C=O) groups is 1. The highest BCUT2D eigenvalue weighted by Gasteiger charge is 2.24. The van der Waals surface area contributed by atoms with Gasteiger partial charge in [-0.25, -0.2) is 0 Å². The Hall–Kier alpha value is -0.610. The Kier molecular flexibility index (Phi) is 6.52. The summed E-state index contributed by atoms with van der Waals surface area (Å²) in [5.41, 5.74) is 5.92. The molecule has 4 heteroatoms. The smallest absolute Gasteiger partial charge is 0.239 e. The second kappa shape index (κ2) is 7.67. The van der Waals surface area contributed by atoms with Gasteiger partial charge in [-0.05, 0) is 19.4 Å². The van der Waals surface area contributed by atoms with Crippen LogP contribution in [0.3, 0.4) is 0 Å². The maximum absolute atomic E-state index is 12.1. The fraction of sp³-hybridized carbons (Fsp3) is 0.923. The number of amides is 1. The predicted molar refractivity (Wildman–Crippen MR) is 70.8 cm³/mol. The van der Waals surface area contributed by atoms with Gasteiger partial charge in [0, 0.05) is 26.2 Å². The van der Waals surface area contributed by atoms with Crippen molar-refractivity contribution < 1.29 is 4.79 Å². The van der Waals surface area contributed by atoms with Crippen LogP contribution in [0.25, 0.3) is 0 Å². The van der Waals surface area contributed by atoms with E-state index in [0.29, 0.717) is 0 Å². The van der Waals surface area contributed by atoms with E-state index in [9.17, 15) is 4.79 Å². The van der Waals surface area contributed by atoms with Crippen LogP contribution in [0, 0.1) is 0 Å². The van der Waals surface area contributed by atoms with E-state index in [4.69, 9.17) is 5.73 Å². The van der Waals surface area contributed by atoms with Gasteiger partial charge in [0.15, 0.2) is 0 Å². The molecule has 0 aromatic heterocycles. The molecule has 0 aliphatic carbocycles. The van der Waals surface area contributed by atoms with Gasteiger partial charge in [0.1, 0.15) is 0 Å². The third-order valence-corrected chi connectivity index (χ3v) is 3.41. The summed E-state index contributed by atoms with van der Waals surface area (Å²) in [5, 5.41) is 0. The van der Waals surface area contributed by atoms with Crippen LogP contribution in [0.1, 0.15) is 39.5 Å². The van der Waals surface area contributed by atoms with Gasteiger partial charge in [0.25, 0.3) is 0 Å². The SMILES string of the molecule is CCCC[C@H](N)C(=O)N1CCN(CCC)CC1. The molecule has 1 amide bonds. The van der Waals surface area contributed by atoms with Crippen molar-refractivity contribution >= 4 is 5.91 Å². The first-order chi connectivity index (χ1) is 8.19. The van der Waals surface area contributed by atoms with E-state index in [0.717, 1.165) is 52.0 Å².